The van der Waals surface area contributed by atoms with Crippen LogP contribution in [0.2, 0.25) is 0 Å². The molecule has 0 radical (unpaired) electrons. The van der Waals surface area contributed by atoms with E-state index < -0.39 is 23.8 Å². The van der Waals surface area contributed by atoms with Gasteiger partial charge in [-0.05, 0) is 73.8 Å². The standard InChI is InChI=1S/C28H33N5O6S/c1-4-39-18-11-9-17(10-12-18)33(28(36)25-22(29)23(26(30)34)32-40-25)24(27(35)31-16-7-5-6-8-16)20-15-19(37-2)13-14-21(20)38-3/h9-16,24H,4-8,29H2,1-3H3,(H2,30,34)(H,31,35). The van der Waals surface area contributed by atoms with Crippen LogP contribution >= 0.6 is 11.5 Å². The van der Waals surface area contributed by atoms with Crippen molar-refractivity contribution in [3.05, 3.63) is 58.6 Å². The zero-order valence-electron chi connectivity index (χ0n) is 22.6. The van der Waals surface area contributed by atoms with Crippen LogP contribution in [0.15, 0.2) is 42.5 Å². The van der Waals surface area contributed by atoms with Crippen molar-refractivity contribution in [2.24, 2.45) is 5.73 Å². The van der Waals surface area contributed by atoms with E-state index in [0.29, 0.717) is 35.1 Å². The van der Waals surface area contributed by atoms with Gasteiger partial charge in [-0.15, -0.1) is 0 Å². The number of nitrogen functional groups attached to an aromatic ring is 1. The fourth-order valence-corrected chi connectivity index (χ4v) is 5.54. The molecule has 1 heterocycles. The monoisotopic (exact) mass is 567 g/mol. The average molecular weight is 568 g/mol. The van der Waals surface area contributed by atoms with Crippen LogP contribution in [0.1, 0.15) is 64.4 Å². The summed E-state index contributed by atoms with van der Waals surface area (Å²) in [6.45, 7) is 2.33. The molecule has 5 N–H and O–H groups in total. The number of carbonyl (C=O) groups is 3. The van der Waals surface area contributed by atoms with E-state index in [1.807, 2.05) is 6.92 Å². The van der Waals surface area contributed by atoms with E-state index in [1.165, 1.54) is 19.1 Å². The minimum Gasteiger partial charge on any atom is -0.497 e. The van der Waals surface area contributed by atoms with E-state index in [2.05, 4.69) is 9.69 Å². The van der Waals surface area contributed by atoms with Gasteiger partial charge in [0.2, 0.25) is 5.91 Å². The Balaban J connectivity index is 1.92. The number of carbonyl (C=O) groups excluding carboxylic acids is 3. The van der Waals surface area contributed by atoms with Crippen LogP contribution < -0.4 is 35.9 Å². The zero-order valence-corrected chi connectivity index (χ0v) is 23.5. The number of nitrogens with zero attached hydrogens (tertiary/aromatic N) is 2. The molecule has 1 atom stereocenters. The largest absolute Gasteiger partial charge is 0.497 e. The van der Waals surface area contributed by atoms with E-state index in [0.717, 1.165) is 37.2 Å². The number of anilines is 2. The van der Waals surface area contributed by atoms with E-state index in [1.54, 1.807) is 42.5 Å². The summed E-state index contributed by atoms with van der Waals surface area (Å²) in [5.74, 6) is -0.446. The number of nitrogens with two attached hydrogens (primary N) is 2. The Morgan fingerprint density at radius 3 is 2.33 bits per heavy atom. The van der Waals surface area contributed by atoms with E-state index in [9.17, 15) is 14.4 Å². The lowest BCUT2D eigenvalue weighted by atomic mass is 10.00. The van der Waals surface area contributed by atoms with Crippen molar-refractivity contribution < 1.29 is 28.6 Å². The molecule has 212 valence electrons. The molecule has 12 heteroatoms. The van der Waals surface area contributed by atoms with Gasteiger partial charge in [-0.2, -0.15) is 4.37 Å². The third-order valence-electron chi connectivity index (χ3n) is 6.74. The van der Waals surface area contributed by atoms with Crippen molar-refractivity contribution in [3.8, 4) is 17.2 Å². The number of benzene rings is 2. The highest BCUT2D eigenvalue weighted by molar-refractivity contribution is 7.09. The maximum Gasteiger partial charge on any atom is 0.273 e. The first-order valence-electron chi connectivity index (χ1n) is 12.9. The van der Waals surface area contributed by atoms with Crippen LogP contribution in [0.4, 0.5) is 11.4 Å². The summed E-state index contributed by atoms with van der Waals surface area (Å²) in [6.07, 6.45) is 3.70. The van der Waals surface area contributed by atoms with Crippen molar-refractivity contribution in [3.63, 3.8) is 0 Å². The smallest absolute Gasteiger partial charge is 0.273 e. The molecular formula is C28H33N5O6S. The van der Waals surface area contributed by atoms with E-state index in [-0.39, 0.29) is 22.3 Å². The number of rotatable bonds is 11. The van der Waals surface area contributed by atoms with Gasteiger partial charge >= 0.3 is 0 Å². The molecule has 1 unspecified atom stereocenters. The van der Waals surface area contributed by atoms with Gasteiger partial charge in [0, 0.05) is 17.3 Å². The number of aromatic nitrogens is 1. The lowest BCUT2D eigenvalue weighted by Gasteiger charge is -2.33. The average Bonchev–Trinajstić information content (AvgIpc) is 3.61. The molecule has 1 saturated carbocycles. The molecule has 1 aliphatic carbocycles. The molecule has 11 nitrogen and oxygen atoms in total. The second-order valence-electron chi connectivity index (χ2n) is 9.24. The summed E-state index contributed by atoms with van der Waals surface area (Å²) in [5.41, 5.74) is 12.0. The van der Waals surface area contributed by atoms with Gasteiger partial charge in [0.15, 0.2) is 5.69 Å². The Labute approximate surface area is 236 Å². The lowest BCUT2D eigenvalue weighted by Crippen LogP contribution is -2.46. The molecule has 40 heavy (non-hydrogen) atoms. The maximum absolute atomic E-state index is 14.3. The first-order valence-corrected chi connectivity index (χ1v) is 13.7. The highest BCUT2D eigenvalue weighted by Crippen LogP contribution is 2.39. The predicted octanol–water partition coefficient (Wildman–Crippen LogP) is 3.69. The van der Waals surface area contributed by atoms with Crippen molar-refractivity contribution >= 4 is 40.6 Å². The van der Waals surface area contributed by atoms with Crippen LogP contribution in [-0.4, -0.2) is 49.0 Å². The second-order valence-corrected chi connectivity index (χ2v) is 10.0. The molecule has 2 aromatic carbocycles. The number of hydrogen-bond donors (Lipinski definition) is 3. The fourth-order valence-electron chi connectivity index (χ4n) is 4.79. The van der Waals surface area contributed by atoms with Gasteiger partial charge in [-0.3, -0.25) is 19.3 Å². The predicted molar refractivity (Wildman–Crippen MR) is 152 cm³/mol. The van der Waals surface area contributed by atoms with Crippen LogP contribution in [0.25, 0.3) is 0 Å². The first-order chi connectivity index (χ1) is 19.3. The van der Waals surface area contributed by atoms with Crippen molar-refractivity contribution in [1.82, 2.24) is 9.69 Å². The Kier molecular flexibility index (Phi) is 9.10. The molecule has 0 saturated heterocycles. The van der Waals surface area contributed by atoms with Gasteiger partial charge in [0.25, 0.3) is 11.8 Å². The minimum absolute atomic E-state index is 0.0248. The Bertz CT molecular complexity index is 1370. The van der Waals surface area contributed by atoms with Gasteiger partial charge in [-0.25, -0.2) is 0 Å². The second kappa shape index (κ2) is 12.7. The summed E-state index contributed by atoms with van der Waals surface area (Å²) in [7, 11) is 3.00. The highest BCUT2D eigenvalue weighted by Gasteiger charge is 2.38. The number of methoxy groups -OCH3 is 2. The first kappa shape index (κ1) is 28.7. The summed E-state index contributed by atoms with van der Waals surface area (Å²) < 4.78 is 20.7. The molecule has 1 aromatic heterocycles. The Morgan fingerprint density at radius 2 is 1.75 bits per heavy atom. The number of ether oxygens (including phenoxy) is 3. The highest BCUT2D eigenvalue weighted by atomic mass is 32.1. The number of nitrogens with one attached hydrogen (secondary N) is 1. The normalized spacial score (nSPS) is 13.9. The van der Waals surface area contributed by atoms with Gasteiger partial charge in [-0.1, -0.05) is 12.8 Å². The molecular weight excluding hydrogens is 534 g/mol. The Hall–Kier alpha value is -4.32. The quantitative estimate of drug-likeness (QED) is 0.316. The Morgan fingerprint density at radius 1 is 1.07 bits per heavy atom. The third kappa shape index (κ3) is 5.96. The molecule has 3 amide bonds. The molecule has 3 aromatic rings. The number of hydrogen-bond acceptors (Lipinski definition) is 9. The number of primary amides is 1. The summed E-state index contributed by atoms with van der Waals surface area (Å²) in [5, 5.41) is 3.12. The minimum atomic E-state index is -1.20. The van der Waals surface area contributed by atoms with Crippen molar-refractivity contribution in [2.75, 3.05) is 31.5 Å². The van der Waals surface area contributed by atoms with Gasteiger partial charge < -0.3 is 31.0 Å². The van der Waals surface area contributed by atoms with Crippen LogP contribution in [0.5, 0.6) is 17.2 Å². The maximum atomic E-state index is 14.3. The molecule has 1 fully saturated rings. The molecule has 0 aliphatic heterocycles. The van der Waals surface area contributed by atoms with Crippen LogP contribution in [-0.2, 0) is 4.79 Å². The summed E-state index contributed by atoms with van der Waals surface area (Å²) in [4.78, 5) is 41.6. The van der Waals surface area contributed by atoms with Crippen LogP contribution in [0, 0.1) is 0 Å². The van der Waals surface area contributed by atoms with Gasteiger partial charge in [0.1, 0.15) is 28.2 Å². The zero-order chi connectivity index (χ0) is 28.8. The van der Waals surface area contributed by atoms with E-state index >= 15 is 0 Å². The molecule has 1 aliphatic rings. The van der Waals surface area contributed by atoms with Crippen LogP contribution in [0.3, 0.4) is 0 Å². The van der Waals surface area contributed by atoms with Crippen molar-refractivity contribution in [1.29, 1.82) is 0 Å². The summed E-state index contributed by atoms with van der Waals surface area (Å²) in [6, 6.07) is 10.6. The van der Waals surface area contributed by atoms with Gasteiger partial charge in [0.05, 0.1) is 26.5 Å². The SMILES string of the molecule is CCOc1ccc(N(C(=O)c2snc(C(N)=O)c2N)C(C(=O)NC2CCCC2)c2cc(OC)ccc2OC)cc1. The molecule has 4 rings (SSSR count). The van der Waals surface area contributed by atoms with E-state index in [4.69, 9.17) is 25.7 Å². The molecule has 0 spiro atoms. The topological polar surface area (TPSA) is 159 Å². The lowest BCUT2D eigenvalue weighted by molar-refractivity contribution is -0.123. The summed E-state index contributed by atoms with van der Waals surface area (Å²) >= 11 is 0.742. The third-order valence-corrected chi connectivity index (χ3v) is 7.59. The fraction of sp³-hybridized carbons (Fsp3) is 0.357. The van der Waals surface area contributed by atoms with Crippen molar-refractivity contribution in [2.45, 2.75) is 44.7 Å². The number of amides is 3. The molecule has 0 bridgehead atoms.